The second-order valence-electron chi connectivity index (χ2n) is 3.19. The molecule has 12 heavy (non-hydrogen) atoms. The lowest BCUT2D eigenvalue weighted by molar-refractivity contribution is -0.300. The highest BCUT2D eigenvalue weighted by atomic mass is 35.5. The Labute approximate surface area is 77.2 Å². The fourth-order valence-electron chi connectivity index (χ4n) is 1.71. The van der Waals surface area contributed by atoms with Gasteiger partial charge in [0.1, 0.15) is 0 Å². The van der Waals surface area contributed by atoms with Gasteiger partial charge in [-0.1, -0.05) is 30.9 Å². The van der Waals surface area contributed by atoms with Crippen LogP contribution in [0.5, 0.6) is 0 Å². The highest BCUT2D eigenvalue weighted by molar-refractivity contribution is 6.27. The molecule has 0 aromatic carbocycles. The van der Waals surface area contributed by atoms with Gasteiger partial charge in [0.2, 0.25) is 0 Å². The van der Waals surface area contributed by atoms with Gasteiger partial charge in [-0.25, -0.2) is 0 Å². The predicted octanol–water partition coefficient (Wildman–Crippen LogP) is 1.44. The van der Waals surface area contributed by atoms with E-state index in [4.69, 9.17) is 11.6 Å². The largest absolute Gasteiger partial charge is 0.545 e. The van der Waals surface area contributed by atoms with Crippen molar-refractivity contribution >= 4 is 17.6 Å². The van der Waals surface area contributed by atoms with E-state index in [1.54, 1.807) is 0 Å². The summed E-state index contributed by atoms with van der Waals surface area (Å²) >= 11 is 5.41. The second kappa shape index (κ2) is 4.51. The van der Waals surface area contributed by atoms with Gasteiger partial charge in [-0.3, -0.25) is 0 Å². The van der Waals surface area contributed by atoms with Gasteiger partial charge in [0, 0.05) is 5.54 Å². The van der Waals surface area contributed by atoms with Crippen LogP contribution in [0.4, 0.5) is 0 Å². The molecule has 1 fully saturated rings. The molecule has 1 aliphatic rings. The van der Waals surface area contributed by atoms with Crippen LogP contribution in [0.25, 0.3) is 0 Å². The number of hydrogen-bond donors (Lipinski definition) is 0. The van der Waals surface area contributed by atoms with Gasteiger partial charge in [-0.15, -0.1) is 0 Å². The molecule has 68 valence electrons. The van der Waals surface area contributed by atoms with Crippen LogP contribution in [-0.2, 0) is 4.79 Å². The van der Waals surface area contributed by atoms with Crippen LogP contribution in [0, 0.1) is 5.92 Å². The van der Waals surface area contributed by atoms with Crippen LogP contribution < -0.4 is 5.11 Å². The normalized spacial score (nSPS) is 20.9. The molecule has 0 spiro atoms. The third-order valence-electron chi connectivity index (χ3n) is 2.40. The molecule has 0 atom stereocenters. The van der Waals surface area contributed by atoms with Crippen molar-refractivity contribution in [2.75, 3.05) is 0 Å². The van der Waals surface area contributed by atoms with E-state index in [0.29, 0.717) is 0 Å². The van der Waals surface area contributed by atoms with Gasteiger partial charge >= 0.3 is 0 Å². The molecule has 0 radical (unpaired) electrons. The topological polar surface area (TPSA) is 40.1 Å². The van der Waals surface area contributed by atoms with Crippen LogP contribution >= 0.6 is 11.6 Å². The summed E-state index contributed by atoms with van der Waals surface area (Å²) in [4.78, 5) is 10.6. The molecule has 0 unspecified atom stereocenters. The molecule has 0 saturated heterocycles. The fourth-order valence-corrected chi connectivity index (χ4v) is 1.98. The van der Waals surface area contributed by atoms with Crippen LogP contribution in [0.15, 0.2) is 11.1 Å². The first-order valence-electron chi connectivity index (χ1n) is 4.27. The van der Waals surface area contributed by atoms with Gasteiger partial charge in [-0.2, -0.15) is 0 Å². The van der Waals surface area contributed by atoms with Crippen molar-refractivity contribution in [2.45, 2.75) is 32.1 Å². The Bertz CT molecular complexity index is 193. The Morgan fingerprint density at radius 3 is 2.33 bits per heavy atom. The maximum Gasteiger partial charge on any atom is 0.0686 e. The Hall–Kier alpha value is -0.500. The van der Waals surface area contributed by atoms with Crippen molar-refractivity contribution in [3.05, 3.63) is 11.1 Å². The van der Waals surface area contributed by atoms with Crippen molar-refractivity contribution in [3.63, 3.8) is 0 Å². The first-order valence-corrected chi connectivity index (χ1v) is 4.71. The lowest BCUT2D eigenvalue weighted by Crippen LogP contribution is -2.29. The average Bonchev–Trinajstić information content (AvgIpc) is 2.07. The standard InChI is InChI=1S/C9H13ClO2/c10-6-8(9(11)12)7-4-2-1-3-5-7/h6-7H,1-5H2,(H,11,12)/p-1/b8-6-. The molecule has 1 rings (SSSR count). The zero-order chi connectivity index (χ0) is 8.97. The molecule has 2 nitrogen and oxygen atoms in total. The van der Waals surface area contributed by atoms with Crippen molar-refractivity contribution in [2.24, 2.45) is 5.92 Å². The monoisotopic (exact) mass is 187 g/mol. The number of carboxylic acid groups (broad SMARTS) is 1. The predicted molar refractivity (Wildman–Crippen MR) is 45.5 cm³/mol. The van der Waals surface area contributed by atoms with Gasteiger partial charge in [0.05, 0.1) is 5.97 Å². The van der Waals surface area contributed by atoms with E-state index >= 15 is 0 Å². The first kappa shape index (κ1) is 9.59. The smallest absolute Gasteiger partial charge is 0.0686 e. The molecule has 0 bridgehead atoms. The molecule has 3 heteroatoms. The van der Waals surface area contributed by atoms with E-state index in [1.807, 2.05) is 0 Å². The second-order valence-corrected chi connectivity index (χ2v) is 3.41. The fraction of sp³-hybridized carbons (Fsp3) is 0.667. The quantitative estimate of drug-likeness (QED) is 0.614. The van der Waals surface area contributed by atoms with E-state index in [-0.39, 0.29) is 11.5 Å². The molecule has 0 aliphatic heterocycles. The molecule has 1 aliphatic carbocycles. The molecule has 0 heterocycles. The third-order valence-corrected chi connectivity index (χ3v) is 2.63. The Kier molecular flexibility index (Phi) is 3.60. The Balaban J connectivity index is 2.59. The highest BCUT2D eigenvalue weighted by Gasteiger charge is 2.17. The summed E-state index contributed by atoms with van der Waals surface area (Å²) in [6, 6.07) is 0. The molecule has 0 aromatic heterocycles. The van der Waals surface area contributed by atoms with Crippen molar-refractivity contribution in [3.8, 4) is 0 Å². The molecule has 0 amide bonds. The number of hydrogen-bond acceptors (Lipinski definition) is 2. The zero-order valence-electron chi connectivity index (χ0n) is 6.88. The maximum atomic E-state index is 10.6. The van der Waals surface area contributed by atoms with E-state index in [2.05, 4.69) is 0 Å². The Morgan fingerprint density at radius 2 is 1.92 bits per heavy atom. The lowest BCUT2D eigenvalue weighted by Gasteiger charge is -2.24. The van der Waals surface area contributed by atoms with E-state index in [9.17, 15) is 9.90 Å². The minimum absolute atomic E-state index is 0.126. The van der Waals surface area contributed by atoms with Crippen LogP contribution in [0.3, 0.4) is 0 Å². The van der Waals surface area contributed by atoms with Gasteiger partial charge < -0.3 is 9.90 Å². The average molecular weight is 188 g/mol. The number of rotatable bonds is 2. The molecule has 0 aromatic rings. The maximum absolute atomic E-state index is 10.6. The summed E-state index contributed by atoms with van der Waals surface area (Å²) < 4.78 is 0. The summed E-state index contributed by atoms with van der Waals surface area (Å²) in [6.07, 6.45) is 5.29. The lowest BCUT2D eigenvalue weighted by atomic mass is 9.84. The van der Waals surface area contributed by atoms with Gasteiger partial charge in [0.15, 0.2) is 0 Å². The SMILES string of the molecule is O=C([O-])/C(=C\Cl)C1CCCCC1. The number of carbonyl (C=O) groups excluding carboxylic acids is 1. The van der Waals surface area contributed by atoms with E-state index in [0.717, 1.165) is 31.2 Å². The summed E-state index contributed by atoms with van der Waals surface area (Å²) in [6.45, 7) is 0. The number of aliphatic carboxylic acids is 1. The van der Waals surface area contributed by atoms with Crippen molar-refractivity contribution in [1.29, 1.82) is 0 Å². The van der Waals surface area contributed by atoms with Gasteiger partial charge in [-0.05, 0) is 24.3 Å². The van der Waals surface area contributed by atoms with Gasteiger partial charge in [0.25, 0.3) is 0 Å². The molecule has 1 saturated carbocycles. The number of carbonyl (C=O) groups is 1. The van der Waals surface area contributed by atoms with Crippen molar-refractivity contribution in [1.82, 2.24) is 0 Å². The van der Waals surface area contributed by atoms with E-state index in [1.165, 1.54) is 6.42 Å². The molecular weight excluding hydrogens is 176 g/mol. The number of halogens is 1. The minimum Gasteiger partial charge on any atom is -0.545 e. The van der Waals surface area contributed by atoms with Crippen LogP contribution in [0.1, 0.15) is 32.1 Å². The van der Waals surface area contributed by atoms with Crippen LogP contribution in [-0.4, -0.2) is 5.97 Å². The Morgan fingerprint density at radius 1 is 1.33 bits per heavy atom. The summed E-state index contributed by atoms with van der Waals surface area (Å²) in [7, 11) is 0. The molecular formula is C9H12ClO2-. The molecule has 0 N–H and O–H groups in total. The van der Waals surface area contributed by atoms with Crippen LogP contribution in [0.2, 0.25) is 0 Å². The number of carboxylic acids is 1. The third kappa shape index (κ3) is 2.24. The van der Waals surface area contributed by atoms with E-state index < -0.39 is 5.97 Å². The minimum atomic E-state index is -1.11. The highest BCUT2D eigenvalue weighted by Crippen LogP contribution is 2.29. The van der Waals surface area contributed by atoms with Crippen molar-refractivity contribution < 1.29 is 9.90 Å². The first-order chi connectivity index (χ1) is 5.75. The summed E-state index contributed by atoms with van der Waals surface area (Å²) in [5.74, 6) is -0.988. The summed E-state index contributed by atoms with van der Waals surface area (Å²) in [5.41, 5.74) is 1.43. The summed E-state index contributed by atoms with van der Waals surface area (Å²) in [5, 5.41) is 10.6. The zero-order valence-corrected chi connectivity index (χ0v) is 7.64.